The zero-order chi connectivity index (χ0) is 11.4. The maximum absolute atomic E-state index is 12.6. The first-order chi connectivity index (χ1) is 7.77. The van der Waals surface area contributed by atoms with Crippen LogP contribution in [-0.2, 0) is 0 Å². The molecule has 0 bridgehead atoms. The zero-order valence-electron chi connectivity index (χ0n) is 8.96. The Hall–Kier alpha value is -1.16. The van der Waals surface area contributed by atoms with Gasteiger partial charge in [0.15, 0.2) is 0 Å². The minimum Gasteiger partial charge on any atom is -0.491 e. The monoisotopic (exact) mass is 227 g/mol. The number of para-hydroxylation sites is 1. The van der Waals surface area contributed by atoms with E-state index in [1.165, 1.54) is 6.07 Å². The van der Waals surface area contributed by atoms with Crippen LogP contribution in [0.25, 0.3) is 0 Å². The molecule has 1 aliphatic heterocycles. The third kappa shape index (κ3) is 2.70. The highest BCUT2D eigenvalue weighted by atomic mass is 19.3. The summed E-state index contributed by atoms with van der Waals surface area (Å²) in [6.45, 7) is 1.45. The minimum absolute atomic E-state index is 0.0273. The van der Waals surface area contributed by atoms with Crippen LogP contribution in [0.4, 0.5) is 8.78 Å². The first-order valence-electron chi connectivity index (χ1n) is 5.50. The van der Waals surface area contributed by atoms with E-state index in [1.807, 2.05) is 0 Å². The van der Waals surface area contributed by atoms with E-state index in [-0.39, 0.29) is 5.56 Å². The van der Waals surface area contributed by atoms with Crippen LogP contribution in [-0.4, -0.2) is 19.2 Å². The smallest absolute Gasteiger partial charge is 0.267 e. The molecule has 0 aromatic heterocycles. The minimum atomic E-state index is -2.48. The Bertz CT molecular complexity index is 338. The van der Waals surface area contributed by atoms with Crippen LogP contribution in [0, 0.1) is 0 Å². The summed E-state index contributed by atoms with van der Waals surface area (Å²) in [5.41, 5.74) is -0.0273. The summed E-state index contributed by atoms with van der Waals surface area (Å²) in [5, 5.41) is 3.26. The van der Waals surface area contributed by atoms with Gasteiger partial charge in [0.1, 0.15) is 12.4 Å². The number of hydrogen-bond acceptors (Lipinski definition) is 2. The molecule has 1 heterocycles. The van der Waals surface area contributed by atoms with Gasteiger partial charge in [-0.05, 0) is 31.5 Å². The maximum atomic E-state index is 12.6. The number of rotatable bonds is 4. The van der Waals surface area contributed by atoms with Crippen LogP contribution in [0.3, 0.4) is 0 Å². The van der Waals surface area contributed by atoms with Crippen LogP contribution < -0.4 is 10.1 Å². The predicted molar refractivity (Wildman–Crippen MR) is 57.9 cm³/mol. The summed E-state index contributed by atoms with van der Waals surface area (Å²) in [6, 6.07) is 6.61. The van der Waals surface area contributed by atoms with Gasteiger partial charge >= 0.3 is 0 Å². The molecular formula is C12H15F2NO. The summed E-state index contributed by atoms with van der Waals surface area (Å²) in [5.74, 6) is 0.297. The quantitative estimate of drug-likeness (QED) is 0.854. The molecule has 1 fully saturated rings. The Morgan fingerprint density at radius 2 is 2.19 bits per heavy atom. The van der Waals surface area contributed by atoms with Crippen LogP contribution in [0.5, 0.6) is 5.75 Å². The van der Waals surface area contributed by atoms with Gasteiger partial charge < -0.3 is 10.1 Å². The Morgan fingerprint density at radius 1 is 1.38 bits per heavy atom. The fourth-order valence-electron chi connectivity index (χ4n) is 1.88. The van der Waals surface area contributed by atoms with Crippen molar-refractivity contribution in [1.82, 2.24) is 5.32 Å². The van der Waals surface area contributed by atoms with Crippen molar-refractivity contribution >= 4 is 0 Å². The SMILES string of the molecule is FC(F)c1ccccc1OCC1CCCN1. The molecule has 0 saturated carbocycles. The Labute approximate surface area is 93.6 Å². The highest BCUT2D eigenvalue weighted by Gasteiger charge is 2.17. The van der Waals surface area contributed by atoms with Crippen molar-refractivity contribution in [2.75, 3.05) is 13.2 Å². The largest absolute Gasteiger partial charge is 0.491 e. The Balaban J connectivity index is 1.97. The molecule has 88 valence electrons. The van der Waals surface area contributed by atoms with E-state index < -0.39 is 6.43 Å². The lowest BCUT2D eigenvalue weighted by Crippen LogP contribution is -2.28. The molecule has 1 unspecified atom stereocenters. The van der Waals surface area contributed by atoms with Gasteiger partial charge in [-0.2, -0.15) is 0 Å². The molecule has 1 aromatic rings. The van der Waals surface area contributed by atoms with E-state index >= 15 is 0 Å². The van der Waals surface area contributed by atoms with Crippen molar-refractivity contribution in [2.45, 2.75) is 25.3 Å². The first-order valence-corrected chi connectivity index (χ1v) is 5.50. The molecule has 2 nitrogen and oxygen atoms in total. The summed E-state index contributed by atoms with van der Waals surface area (Å²) >= 11 is 0. The predicted octanol–water partition coefficient (Wildman–Crippen LogP) is 2.75. The normalized spacial score (nSPS) is 20.3. The second-order valence-corrected chi connectivity index (χ2v) is 3.94. The van der Waals surface area contributed by atoms with Crippen molar-refractivity contribution < 1.29 is 13.5 Å². The molecule has 1 saturated heterocycles. The number of alkyl halides is 2. The number of benzene rings is 1. The molecule has 0 spiro atoms. The van der Waals surface area contributed by atoms with E-state index in [1.54, 1.807) is 18.2 Å². The average molecular weight is 227 g/mol. The number of ether oxygens (including phenoxy) is 1. The van der Waals surface area contributed by atoms with Crippen molar-refractivity contribution in [3.63, 3.8) is 0 Å². The van der Waals surface area contributed by atoms with Gasteiger partial charge in [0.25, 0.3) is 6.43 Å². The molecule has 0 radical (unpaired) electrons. The van der Waals surface area contributed by atoms with Gasteiger partial charge in [0, 0.05) is 6.04 Å². The Kier molecular flexibility index (Phi) is 3.72. The topological polar surface area (TPSA) is 21.3 Å². The van der Waals surface area contributed by atoms with E-state index in [0.717, 1.165) is 19.4 Å². The fraction of sp³-hybridized carbons (Fsp3) is 0.500. The molecule has 2 rings (SSSR count). The Morgan fingerprint density at radius 3 is 2.88 bits per heavy atom. The van der Waals surface area contributed by atoms with E-state index in [0.29, 0.717) is 18.4 Å². The van der Waals surface area contributed by atoms with Crippen LogP contribution in [0.1, 0.15) is 24.8 Å². The molecule has 4 heteroatoms. The molecule has 1 aliphatic rings. The third-order valence-electron chi connectivity index (χ3n) is 2.76. The summed E-state index contributed by atoms with van der Waals surface area (Å²) in [4.78, 5) is 0. The van der Waals surface area contributed by atoms with Gasteiger partial charge in [-0.1, -0.05) is 12.1 Å². The van der Waals surface area contributed by atoms with Gasteiger partial charge in [-0.3, -0.25) is 0 Å². The molecule has 16 heavy (non-hydrogen) atoms. The number of halogens is 2. The standard InChI is InChI=1S/C12H15F2NO/c13-12(14)10-5-1-2-6-11(10)16-8-9-4-3-7-15-9/h1-2,5-6,9,12,15H,3-4,7-8H2. The van der Waals surface area contributed by atoms with Crippen molar-refractivity contribution in [3.8, 4) is 5.75 Å². The molecule has 0 amide bonds. The molecule has 1 N–H and O–H groups in total. The second kappa shape index (κ2) is 5.25. The second-order valence-electron chi connectivity index (χ2n) is 3.94. The van der Waals surface area contributed by atoms with Crippen molar-refractivity contribution in [1.29, 1.82) is 0 Å². The van der Waals surface area contributed by atoms with E-state index in [9.17, 15) is 8.78 Å². The molecule has 0 aliphatic carbocycles. The molecule has 1 aromatic carbocycles. The fourth-order valence-corrected chi connectivity index (χ4v) is 1.88. The maximum Gasteiger partial charge on any atom is 0.267 e. The summed E-state index contributed by atoms with van der Waals surface area (Å²) < 4.78 is 30.7. The van der Waals surface area contributed by atoms with E-state index in [2.05, 4.69) is 5.32 Å². The highest BCUT2D eigenvalue weighted by Crippen LogP contribution is 2.28. The van der Waals surface area contributed by atoms with Crippen LogP contribution in [0.15, 0.2) is 24.3 Å². The lowest BCUT2D eigenvalue weighted by atomic mass is 10.2. The van der Waals surface area contributed by atoms with Crippen molar-refractivity contribution in [2.24, 2.45) is 0 Å². The van der Waals surface area contributed by atoms with Gasteiger partial charge in [-0.15, -0.1) is 0 Å². The number of hydrogen-bond donors (Lipinski definition) is 1. The zero-order valence-corrected chi connectivity index (χ0v) is 8.96. The molecular weight excluding hydrogens is 212 g/mol. The van der Waals surface area contributed by atoms with Gasteiger partial charge in [0.05, 0.1) is 5.56 Å². The average Bonchev–Trinajstić information content (AvgIpc) is 2.79. The summed E-state index contributed by atoms with van der Waals surface area (Å²) in [6.07, 6.45) is -0.297. The van der Waals surface area contributed by atoms with E-state index in [4.69, 9.17) is 4.74 Å². The first kappa shape index (κ1) is 11.3. The summed E-state index contributed by atoms with van der Waals surface area (Å²) in [7, 11) is 0. The van der Waals surface area contributed by atoms with Crippen LogP contribution >= 0.6 is 0 Å². The molecule has 1 atom stereocenters. The lowest BCUT2D eigenvalue weighted by molar-refractivity contribution is 0.144. The van der Waals surface area contributed by atoms with Gasteiger partial charge in [0.2, 0.25) is 0 Å². The lowest BCUT2D eigenvalue weighted by Gasteiger charge is -2.14. The number of nitrogens with one attached hydrogen (secondary N) is 1. The van der Waals surface area contributed by atoms with Gasteiger partial charge in [-0.25, -0.2) is 8.78 Å². The highest BCUT2D eigenvalue weighted by molar-refractivity contribution is 5.34. The third-order valence-corrected chi connectivity index (χ3v) is 2.76. The van der Waals surface area contributed by atoms with Crippen LogP contribution in [0.2, 0.25) is 0 Å². The van der Waals surface area contributed by atoms with Crippen molar-refractivity contribution in [3.05, 3.63) is 29.8 Å².